The number of nitrogens with zero attached hydrogens (tertiary/aromatic N) is 2. The van der Waals surface area contributed by atoms with Crippen molar-refractivity contribution in [2.45, 2.75) is 46.6 Å². The summed E-state index contributed by atoms with van der Waals surface area (Å²) in [6.07, 6.45) is 20.7. The molecular weight excluding hydrogens is 344 g/mol. The van der Waals surface area contributed by atoms with Gasteiger partial charge in [0.25, 0.3) is 0 Å². The molecule has 3 heteroatoms. The molecule has 0 N–H and O–H groups in total. The summed E-state index contributed by atoms with van der Waals surface area (Å²) in [6.45, 7) is 13.8. The van der Waals surface area contributed by atoms with Gasteiger partial charge < -0.3 is 9.47 Å². The Bertz CT molecular complexity index is 874. The first-order valence-corrected chi connectivity index (χ1v) is 10.2. The average molecular weight is 379 g/mol. The second-order valence-electron chi connectivity index (χ2n) is 7.46. The highest BCUT2D eigenvalue weighted by Gasteiger charge is 2.26. The zero-order chi connectivity index (χ0) is 20.5. The van der Waals surface area contributed by atoms with Gasteiger partial charge in [-0.2, -0.15) is 0 Å². The maximum atomic E-state index is 13.0. The lowest BCUT2D eigenvalue weighted by Crippen LogP contribution is -2.43. The molecule has 150 valence electrons. The van der Waals surface area contributed by atoms with Gasteiger partial charge >= 0.3 is 0 Å². The Labute approximate surface area is 169 Å². The fourth-order valence-electron chi connectivity index (χ4n) is 3.60. The van der Waals surface area contributed by atoms with Crippen LogP contribution in [0.4, 0.5) is 0 Å². The summed E-state index contributed by atoms with van der Waals surface area (Å²) in [5.74, 6) is 0.739. The number of aromatic nitrogens is 1. The number of hydrogen-bond donors (Lipinski definition) is 0. The Kier molecular flexibility index (Phi) is 8.31. The molecule has 0 spiro atoms. The molecule has 2 heterocycles. The molecule has 1 aromatic rings. The smallest absolute Gasteiger partial charge is 0.245 e. The largest absolute Gasteiger partial charge is 0.341 e. The topological polar surface area (TPSA) is 25.2 Å². The Hall–Kier alpha value is -2.55. The minimum absolute atomic E-state index is 0.192. The van der Waals surface area contributed by atoms with Crippen LogP contribution in [0.3, 0.4) is 0 Å². The van der Waals surface area contributed by atoms with Crippen molar-refractivity contribution in [2.75, 3.05) is 13.1 Å². The molecule has 0 saturated carbocycles. The third kappa shape index (κ3) is 5.72. The highest BCUT2D eigenvalue weighted by atomic mass is 16.2. The summed E-state index contributed by atoms with van der Waals surface area (Å²) in [4.78, 5) is 15.0. The Morgan fingerprint density at radius 1 is 1.21 bits per heavy atom. The van der Waals surface area contributed by atoms with Crippen molar-refractivity contribution >= 4 is 18.6 Å². The third-order valence-corrected chi connectivity index (χ3v) is 5.29. The summed E-state index contributed by atoms with van der Waals surface area (Å²) in [6, 6.07) is 1.75. The predicted octanol–water partition coefficient (Wildman–Crippen LogP) is 4.13. The summed E-state index contributed by atoms with van der Waals surface area (Å²) >= 11 is 0. The monoisotopic (exact) mass is 378 g/mol. The predicted molar refractivity (Wildman–Crippen MR) is 120 cm³/mol. The van der Waals surface area contributed by atoms with E-state index in [1.165, 1.54) is 5.57 Å². The van der Waals surface area contributed by atoms with Crippen molar-refractivity contribution < 1.29 is 4.79 Å². The SMILES string of the molecule is C=c1ccn(C(C)C(=O)N2CCC(/C=C/C=C(C)\C=C/C)CC2)/c1=C/C=C\C. The molecule has 1 unspecified atom stereocenters. The Morgan fingerprint density at radius 3 is 2.57 bits per heavy atom. The second kappa shape index (κ2) is 10.7. The quantitative estimate of drug-likeness (QED) is 0.683. The van der Waals surface area contributed by atoms with E-state index in [-0.39, 0.29) is 11.9 Å². The van der Waals surface area contributed by atoms with Crippen molar-refractivity contribution in [1.82, 2.24) is 9.47 Å². The molecule has 1 fully saturated rings. The van der Waals surface area contributed by atoms with E-state index in [1.54, 1.807) is 0 Å². The summed E-state index contributed by atoms with van der Waals surface area (Å²) in [5, 5.41) is 1.95. The molecule has 0 bridgehead atoms. The maximum Gasteiger partial charge on any atom is 0.245 e. The van der Waals surface area contributed by atoms with E-state index >= 15 is 0 Å². The maximum absolute atomic E-state index is 13.0. The van der Waals surface area contributed by atoms with Crippen LogP contribution >= 0.6 is 0 Å². The van der Waals surface area contributed by atoms with Crippen LogP contribution in [0.15, 0.2) is 60.4 Å². The first-order chi connectivity index (χ1) is 13.5. The van der Waals surface area contributed by atoms with Crippen molar-refractivity contribution in [3.05, 3.63) is 70.9 Å². The highest BCUT2D eigenvalue weighted by Crippen LogP contribution is 2.21. The molecule has 0 aromatic carbocycles. The van der Waals surface area contributed by atoms with Crippen LogP contribution in [0.2, 0.25) is 0 Å². The second-order valence-corrected chi connectivity index (χ2v) is 7.46. The van der Waals surface area contributed by atoms with Crippen molar-refractivity contribution in [1.29, 1.82) is 0 Å². The first kappa shape index (κ1) is 21.7. The van der Waals surface area contributed by atoms with Crippen molar-refractivity contribution in [2.24, 2.45) is 5.92 Å². The normalized spacial score (nSPS) is 18.8. The number of hydrogen-bond acceptors (Lipinski definition) is 1. The number of rotatable bonds is 6. The lowest BCUT2D eigenvalue weighted by Gasteiger charge is -2.33. The number of likely N-dealkylation sites (tertiary alicyclic amines) is 1. The molecule has 1 amide bonds. The zero-order valence-electron chi connectivity index (χ0n) is 17.8. The lowest BCUT2D eigenvalue weighted by molar-refractivity contribution is -0.135. The molecule has 1 aliphatic heterocycles. The van der Waals surface area contributed by atoms with E-state index in [0.717, 1.165) is 36.5 Å². The third-order valence-electron chi connectivity index (χ3n) is 5.29. The van der Waals surface area contributed by atoms with Crippen LogP contribution in [0.25, 0.3) is 12.7 Å². The van der Waals surface area contributed by atoms with Crippen molar-refractivity contribution in [3.8, 4) is 0 Å². The first-order valence-electron chi connectivity index (χ1n) is 10.2. The van der Waals surface area contributed by atoms with Gasteiger partial charge in [0.05, 0.1) is 0 Å². The van der Waals surface area contributed by atoms with Gasteiger partial charge in [-0.3, -0.25) is 4.79 Å². The molecule has 0 aliphatic carbocycles. The molecule has 28 heavy (non-hydrogen) atoms. The molecular formula is C25H34N2O. The molecule has 2 rings (SSSR count). The minimum atomic E-state index is -0.217. The molecule has 3 nitrogen and oxygen atoms in total. The fourth-order valence-corrected chi connectivity index (χ4v) is 3.60. The van der Waals surface area contributed by atoms with Crippen LogP contribution in [0.5, 0.6) is 0 Å². The molecule has 1 saturated heterocycles. The van der Waals surface area contributed by atoms with Crippen LogP contribution in [0, 0.1) is 5.92 Å². The number of carbonyl (C=O) groups excluding carboxylic acids is 1. The van der Waals surface area contributed by atoms with Crippen LogP contribution < -0.4 is 10.6 Å². The van der Waals surface area contributed by atoms with E-state index < -0.39 is 0 Å². The average Bonchev–Trinajstić information content (AvgIpc) is 3.06. The zero-order valence-corrected chi connectivity index (χ0v) is 17.8. The summed E-state index contributed by atoms with van der Waals surface area (Å²) < 4.78 is 2.03. The van der Waals surface area contributed by atoms with Crippen LogP contribution in [0.1, 0.15) is 46.6 Å². The van der Waals surface area contributed by atoms with E-state index in [4.69, 9.17) is 0 Å². The summed E-state index contributed by atoms with van der Waals surface area (Å²) in [7, 11) is 0. The van der Waals surface area contributed by atoms with E-state index in [9.17, 15) is 4.79 Å². The van der Waals surface area contributed by atoms with E-state index in [2.05, 4.69) is 43.9 Å². The standard InChI is InChI=1S/C25H34N2O/c1-6-8-13-24-21(4)14-19-27(24)22(5)25(28)26-17-15-23(16-18-26)12-9-11-20(3)10-7-2/h6-14,19,22-23H,4,15-18H2,1-3,5H3/b8-6-,10-7-,12-9+,20-11-,24-13+. The minimum Gasteiger partial charge on any atom is -0.341 e. The number of piperidine rings is 1. The lowest BCUT2D eigenvalue weighted by atomic mass is 9.95. The van der Waals surface area contributed by atoms with Gasteiger partial charge in [0.15, 0.2) is 0 Å². The Balaban J connectivity index is 2.00. The molecule has 1 aromatic heterocycles. The van der Waals surface area contributed by atoms with Crippen LogP contribution in [-0.2, 0) is 4.79 Å². The van der Waals surface area contributed by atoms with Crippen molar-refractivity contribution in [3.63, 3.8) is 0 Å². The van der Waals surface area contributed by atoms with Crippen LogP contribution in [-0.4, -0.2) is 28.5 Å². The molecule has 1 aliphatic rings. The van der Waals surface area contributed by atoms with Gasteiger partial charge in [0.2, 0.25) is 5.91 Å². The number of allylic oxidation sites excluding steroid dienone is 8. The fraction of sp³-hybridized carbons (Fsp3) is 0.400. The summed E-state index contributed by atoms with van der Waals surface area (Å²) in [5.41, 5.74) is 1.25. The van der Waals surface area contributed by atoms with Gasteiger partial charge in [-0.15, -0.1) is 0 Å². The number of amides is 1. The number of carbonyl (C=O) groups is 1. The highest BCUT2D eigenvalue weighted by molar-refractivity contribution is 5.80. The Morgan fingerprint density at radius 2 is 1.93 bits per heavy atom. The van der Waals surface area contributed by atoms with E-state index in [0.29, 0.717) is 5.92 Å². The van der Waals surface area contributed by atoms with Gasteiger partial charge in [-0.25, -0.2) is 0 Å². The van der Waals surface area contributed by atoms with Gasteiger partial charge in [0.1, 0.15) is 6.04 Å². The van der Waals surface area contributed by atoms with E-state index in [1.807, 2.05) is 60.7 Å². The van der Waals surface area contributed by atoms with Gasteiger partial charge in [-0.1, -0.05) is 54.7 Å². The van der Waals surface area contributed by atoms with Gasteiger partial charge in [-0.05, 0) is 63.8 Å². The molecule has 0 radical (unpaired) electrons. The molecule has 1 atom stereocenters. The van der Waals surface area contributed by atoms with Gasteiger partial charge in [0, 0.05) is 24.6 Å².